The lowest BCUT2D eigenvalue weighted by molar-refractivity contribution is -0.110. The minimum atomic E-state index is -0.948. The number of ketones is 1. The lowest BCUT2D eigenvalue weighted by Gasteiger charge is -2.47. The molecule has 2 aliphatic heterocycles. The predicted octanol–water partition coefficient (Wildman–Crippen LogP) is 6.88. The molecule has 0 saturated heterocycles. The van der Waals surface area contributed by atoms with Crippen LogP contribution in [0, 0.1) is 0 Å². The second-order valence-corrected chi connectivity index (χ2v) is 10.1. The number of benzene rings is 4. The Morgan fingerprint density at radius 1 is 0.750 bits per heavy atom. The molecule has 0 amide bonds. The third-order valence-corrected chi connectivity index (χ3v) is 7.82. The highest BCUT2D eigenvalue weighted by atomic mass is 35.5. The number of para-hydroxylation sites is 2. The molecule has 1 spiro atoms. The summed E-state index contributed by atoms with van der Waals surface area (Å²) in [5.74, 6) is -0.0872. The average molecular weight is 509 g/mol. The first-order chi connectivity index (χ1) is 17.6. The van der Waals surface area contributed by atoms with Gasteiger partial charge in [-0.05, 0) is 48.2 Å². The van der Waals surface area contributed by atoms with Gasteiger partial charge in [-0.15, -0.1) is 0 Å². The number of nitrogens with zero attached hydrogens (tertiary/aromatic N) is 4. The maximum atomic E-state index is 12.7. The molecule has 0 bridgehead atoms. The molecule has 0 fully saturated rings. The molecule has 4 aromatic carbocycles. The molecule has 176 valence electrons. The van der Waals surface area contributed by atoms with Crippen LogP contribution >= 0.6 is 23.4 Å². The molecule has 7 heteroatoms. The number of fused-ring (bicyclic) bond motifs is 2. The van der Waals surface area contributed by atoms with Crippen LogP contribution in [-0.2, 0) is 9.79 Å². The number of hydrogen-bond donors (Lipinski definition) is 0. The molecule has 0 saturated carbocycles. The number of hydrazone groups is 2. The van der Waals surface area contributed by atoms with E-state index >= 15 is 0 Å². The maximum Gasteiger partial charge on any atom is 0.234 e. The lowest BCUT2D eigenvalue weighted by Crippen LogP contribution is -2.54. The highest BCUT2D eigenvalue weighted by Crippen LogP contribution is 2.54. The van der Waals surface area contributed by atoms with Crippen molar-refractivity contribution in [3.63, 3.8) is 0 Å². The van der Waals surface area contributed by atoms with E-state index in [1.807, 2.05) is 107 Å². The zero-order valence-corrected chi connectivity index (χ0v) is 20.9. The van der Waals surface area contributed by atoms with Crippen molar-refractivity contribution in [1.82, 2.24) is 0 Å². The van der Waals surface area contributed by atoms with E-state index in [1.54, 1.807) is 6.92 Å². The molecule has 2 aliphatic rings. The first-order valence-electron chi connectivity index (χ1n) is 11.5. The summed E-state index contributed by atoms with van der Waals surface area (Å²) in [6.07, 6.45) is 0. The molecule has 0 N–H and O–H groups in total. The van der Waals surface area contributed by atoms with Gasteiger partial charge in [0, 0.05) is 28.6 Å². The monoisotopic (exact) mass is 508 g/mol. The molecular weight excluding hydrogens is 488 g/mol. The number of thioether (sulfide) groups is 1. The van der Waals surface area contributed by atoms with Crippen molar-refractivity contribution >= 4 is 51.3 Å². The molecule has 36 heavy (non-hydrogen) atoms. The number of halogens is 1. The smallest absolute Gasteiger partial charge is 0.234 e. The number of Topliss-reactive ketones (excluding diaryl/α,β-unsaturated/α-hetero) is 1. The number of hydrogen-bond acceptors (Lipinski definition) is 6. The fourth-order valence-electron chi connectivity index (χ4n) is 4.54. The van der Waals surface area contributed by atoms with Crippen molar-refractivity contribution in [2.45, 2.75) is 11.9 Å². The quantitative estimate of drug-likeness (QED) is 0.301. The van der Waals surface area contributed by atoms with E-state index in [2.05, 4.69) is 12.1 Å². The van der Waals surface area contributed by atoms with E-state index in [0.29, 0.717) is 10.1 Å². The molecule has 6 rings (SSSR count). The zero-order valence-electron chi connectivity index (χ0n) is 19.4. The summed E-state index contributed by atoms with van der Waals surface area (Å²) < 4.78 is 0. The SMILES string of the molecule is CC(=O)C1=NN(c2ccccc2)C2(S1)c1ccccc1C(c1ccc(Cl)cc1)=NN2c1ccccc1. The Morgan fingerprint density at radius 2 is 1.31 bits per heavy atom. The maximum absolute atomic E-state index is 12.7. The van der Waals surface area contributed by atoms with Gasteiger partial charge >= 0.3 is 0 Å². The van der Waals surface area contributed by atoms with Gasteiger partial charge in [0.25, 0.3) is 0 Å². The summed E-state index contributed by atoms with van der Waals surface area (Å²) in [7, 11) is 0. The van der Waals surface area contributed by atoms with Gasteiger partial charge in [0.15, 0.2) is 10.8 Å². The zero-order chi connectivity index (χ0) is 24.7. The van der Waals surface area contributed by atoms with Crippen LogP contribution in [0.5, 0.6) is 0 Å². The van der Waals surface area contributed by atoms with Crippen LogP contribution in [0.25, 0.3) is 0 Å². The van der Waals surface area contributed by atoms with Crippen LogP contribution in [-0.4, -0.2) is 16.5 Å². The van der Waals surface area contributed by atoms with Crippen molar-refractivity contribution < 1.29 is 4.79 Å². The Hall–Kier alpha value is -3.87. The largest absolute Gasteiger partial charge is 0.292 e. The van der Waals surface area contributed by atoms with Crippen molar-refractivity contribution in [1.29, 1.82) is 0 Å². The fraction of sp³-hybridized carbons (Fsp3) is 0.0690. The van der Waals surface area contributed by atoms with Crippen LogP contribution in [0.3, 0.4) is 0 Å². The fourth-order valence-corrected chi connectivity index (χ4v) is 5.95. The molecule has 0 aliphatic carbocycles. The molecule has 1 atom stereocenters. The normalized spacial score (nSPS) is 18.6. The molecular formula is C29H21ClN4OS. The Kier molecular flexibility index (Phi) is 5.63. The summed E-state index contributed by atoms with van der Waals surface area (Å²) in [5, 5.41) is 15.1. The molecule has 0 aromatic heterocycles. The van der Waals surface area contributed by atoms with Crippen molar-refractivity contribution in [3.8, 4) is 0 Å². The van der Waals surface area contributed by atoms with Crippen molar-refractivity contribution in [3.05, 3.63) is 131 Å². The first kappa shape index (κ1) is 22.6. The summed E-state index contributed by atoms with van der Waals surface area (Å²) in [4.78, 5) is 11.7. The molecule has 0 radical (unpaired) electrons. The van der Waals surface area contributed by atoms with Crippen LogP contribution in [0.2, 0.25) is 5.02 Å². The summed E-state index contributed by atoms with van der Waals surface area (Å²) >= 11 is 7.61. The summed E-state index contributed by atoms with van der Waals surface area (Å²) in [6, 6.07) is 35.8. The Bertz CT molecular complexity index is 1510. The van der Waals surface area contributed by atoms with Gasteiger partial charge in [0.05, 0.1) is 17.1 Å². The second kappa shape index (κ2) is 8.97. The molecule has 5 nitrogen and oxygen atoms in total. The van der Waals surface area contributed by atoms with Gasteiger partial charge in [-0.2, -0.15) is 10.2 Å². The standard InChI is InChI=1S/C29H21ClN4OS/c1-20(35)28-32-34(24-12-6-3-7-13-24)29(36-28)26-15-9-8-14-25(26)27(21-16-18-22(30)19-17-21)31-33(29)23-10-4-2-5-11-23/h2-19H,1H3. The third kappa shape index (κ3) is 3.61. The number of rotatable bonds is 4. The van der Waals surface area contributed by atoms with Gasteiger partial charge in [0.2, 0.25) is 4.99 Å². The van der Waals surface area contributed by atoms with Gasteiger partial charge in [0.1, 0.15) is 0 Å². The van der Waals surface area contributed by atoms with Gasteiger partial charge in [-0.1, -0.05) is 84.4 Å². The predicted molar refractivity (Wildman–Crippen MR) is 149 cm³/mol. The highest BCUT2D eigenvalue weighted by molar-refractivity contribution is 8.17. The van der Waals surface area contributed by atoms with E-state index in [9.17, 15) is 4.79 Å². The summed E-state index contributed by atoms with van der Waals surface area (Å²) in [6.45, 7) is 1.55. The second-order valence-electron chi connectivity index (χ2n) is 8.47. The van der Waals surface area contributed by atoms with Gasteiger partial charge in [-0.25, -0.2) is 10.0 Å². The minimum absolute atomic E-state index is 0.0872. The minimum Gasteiger partial charge on any atom is -0.292 e. The number of carbonyl (C=O) groups is 1. The Balaban J connectivity index is 1.66. The van der Waals surface area contributed by atoms with Crippen molar-refractivity contribution in [2.24, 2.45) is 10.2 Å². The van der Waals surface area contributed by atoms with Crippen LogP contribution < -0.4 is 10.0 Å². The topological polar surface area (TPSA) is 48.3 Å². The number of anilines is 2. The molecule has 2 heterocycles. The van der Waals surface area contributed by atoms with Crippen LogP contribution in [0.1, 0.15) is 23.6 Å². The third-order valence-electron chi connectivity index (χ3n) is 6.16. The average Bonchev–Trinajstić information content (AvgIpc) is 3.32. The van der Waals surface area contributed by atoms with Crippen LogP contribution in [0.4, 0.5) is 11.4 Å². The highest BCUT2D eigenvalue weighted by Gasteiger charge is 2.55. The van der Waals surface area contributed by atoms with E-state index in [1.165, 1.54) is 11.8 Å². The first-order valence-corrected chi connectivity index (χ1v) is 12.7. The number of carbonyl (C=O) groups excluding carboxylic acids is 1. The van der Waals surface area contributed by atoms with Gasteiger partial charge in [-0.3, -0.25) is 4.79 Å². The van der Waals surface area contributed by atoms with E-state index in [-0.39, 0.29) is 5.78 Å². The molecule has 4 aromatic rings. The van der Waals surface area contributed by atoms with Crippen molar-refractivity contribution in [2.75, 3.05) is 10.0 Å². The van der Waals surface area contributed by atoms with E-state index in [4.69, 9.17) is 21.8 Å². The summed E-state index contributed by atoms with van der Waals surface area (Å²) in [5.41, 5.74) is 5.48. The Morgan fingerprint density at radius 3 is 1.92 bits per heavy atom. The van der Waals surface area contributed by atoms with E-state index < -0.39 is 4.99 Å². The Labute approximate surface area is 218 Å². The molecule has 1 unspecified atom stereocenters. The lowest BCUT2D eigenvalue weighted by atomic mass is 9.93. The van der Waals surface area contributed by atoms with E-state index in [0.717, 1.165) is 33.8 Å². The van der Waals surface area contributed by atoms with Gasteiger partial charge < -0.3 is 0 Å². The van der Waals surface area contributed by atoms with Crippen LogP contribution in [0.15, 0.2) is 119 Å².